The lowest BCUT2D eigenvalue weighted by atomic mass is 10.1. The number of carbonyl (C=O) groups is 1. The number of nitrogens with one attached hydrogen (secondary N) is 1. The van der Waals surface area contributed by atoms with Crippen LogP contribution in [0.1, 0.15) is 46.5 Å². The summed E-state index contributed by atoms with van der Waals surface area (Å²) in [6.07, 6.45) is 4.09. The third-order valence-electron chi connectivity index (χ3n) is 3.77. The van der Waals surface area contributed by atoms with Crippen molar-refractivity contribution >= 4 is 5.91 Å². The lowest BCUT2D eigenvalue weighted by Crippen LogP contribution is -2.52. The van der Waals surface area contributed by atoms with E-state index in [-0.39, 0.29) is 0 Å². The molecule has 0 bridgehead atoms. The molecule has 19 heavy (non-hydrogen) atoms. The Morgan fingerprint density at radius 1 is 1.26 bits per heavy atom. The molecule has 112 valence electrons. The third kappa shape index (κ3) is 5.91. The van der Waals surface area contributed by atoms with Gasteiger partial charge in [-0.1, -0.05) is 13.8 Å². The first-order valence-electron chi connectivity index (χ1n) is 7.91. The van der Waals surface area contributed by atoms with Crippen molar-refractivity contribution in [2.24, 2.45) is 0 Å². The number of hydrogen-bond donors (Lipinski definition) is 1. The predicted molar refractivity (Wildman–Crippen MR) is 80.3 cm³/mol. The maximum Gasteiger partial charge on any atom is 0.222 e. The topological polar surface area (TPSA) is 35.6 Å². The normalized spacial score (nSPS) is 20.0. The quantitative estimate of drug-likeness (QED) is 0.728. The van der Waals surface area contributed by atoms with Gasteiger partial charge in [0.2, 0.25) is 5.91 Å². The molecule has 0 aromatic heterocycles. The molecule has 1 fully saturated rings. The second-order valence-electron chi connectivity index (χ2n) is 5.59. The van der Waals surface area contributed by atoms with E-state index in [0.717, 1.165) is 45.7 Å². The predicted octanol–water partition coefficient (Wildman–Crippen LogP) is 1.71. The zero-order valence-electron chi connectivity index (χ0n) is 13.0. The van der Waals surface area contributed by atoms with Gasteiger partial charge in [-0.25, -0.2) is 0 Å². The van der Waals surface area contributed by atoms with E-state index in [4.69, 9.17) is 0 Å². The average molecular weight is 269 g/mol. The van der Waals surface area contributed by atoms with Gasteiger partial charge in [0.1, 0.15) is 0 Å². The van der Waals surface area contributed by atoms with E-state index in [2.05, 4.69) is 31.0 Å². The molecule has 1 N–H and O–H groups in total. The van der Waals surface area contributed by atoms with Crippen LogP contribution in [0.3, 0.4) is 0 Å². The van der Waals surface area contributed by atoms with Crippen LogP contribution in [-0.4, -0.2) is 61.0 Å². The average Bonchev–Trinajstić information content (AvgIpc) is 2.39. The largest absolute Gasteiger partial charge is 0.337 e. The lowest BCUT2D eigenvalue weighted by molar-refractivity contribution is -0.134. The van der Waals surface area contributed by atoms with Crippen LogP contribution in [0.25, 0.3) is 0 Å². The summed E-state index contributed by atoms with van der Waals surface area (Å²) in [5, 5.41) is 3.33. The summed E-state index contributed by atoms with van der Waals surface area (Å²) < 4.78 is 0. The Morgan fingerprint density at radius 2 is 1.95 bits per heavy atom. The zero-order valence-corrected chi connectivity index (χ0v) is 13.0. The highest BCUT2D eigenvalue weighted by atomic mass is 16.2. The second kappa shape index (κ2) is 9.32. The Balaban J connectivity index is 2.24. The smallest absolute Gasteiger partial charge is 0.222 e. The van der Waals surface area contributed by atoms with Crippen molar-refractivity contribution in [3.8, 4) is 0 Å². The fraction of sp³-hybridized carbons (Fsp3) is 0.933. The Kier molecular flexibility index (Phi) is 8.07. The molecule has 1 amide bonds. The van der Waals surface area contributed by atoms with Crippen molar-refractivity contribution in [1.29, 1.82) is 0 Å². The Hall–Kier alpha value is -0.610. The van der Waals surface area contributed by atoms with Gasteiger partial charge in [0, 0.05) is 32.1 Å². The number of amides is 1. The van der Waals surface area contributed by atoms with Gasteiger partial charge in [-0.2, -0.15) is 0 Å². The van der Waals surface area contributed by atoms with Gasteiger partial charge in [-0.05, 0) is 45.8 Å². The molecule has 1 unspecified atom stereocenters. The van der Waals surface area contributed by atoms with Gasteiger partial charge in [-0.15, -0.1) is 0 Å². The lowest BCUT2D eigenvalue weighted by Gasteiger charge is -2.34. The number of rotatable bonds is 8. The van der Waals surface area contributed by atoms with E-state index in [1.165, 1.54) is 12.8 Å². The van der Waals surface area contributed by atoms with Crippen molar-refractivity contribution in [1.82, 2.24) is 15.1 Å². The van der Waals surface area contributed by atoms with Crippen molar-refractivity contribution in [3.63, 3.8) is 0 Å². The van der Waals surface area contributed by atoms with E-state index in [1.807, 2.05) is 4.90 Å². The van der Waals surface area contributed by atoms with Crippen LogP contribution < -0.4 is 5.32 Å². The van der Waals surface area contributed by atoms with Crippen LogP contribution in [0, 0.1) is 0 Å². The number of carbonyl (C=O) groups excluding carboxylic acids is 1. The van der Waals surface area contributed by atoms with Crippen LogP contribution in [0.2, 0.25) is 0 Å². The van der Waals surface area contributed by atoms with E-state index >= 15 is 0 Å². The van der Waals surface area contributed by atoms with Crippen LogP contribution in [0.15, 0.2) is 0 Å². The van der Waals surface area contributed by atoms with E-state index in [9.17, 15) is 4.79 Å². The molecular formula is C15H31N3O. The molecule has 0 saturated carbocycles. The minimum Gasteiger partial charge on any atom is -0.337 e. The monoisotopic (exact) mass is 269 g/mol. The van der Waals surface area contributed by atoms with E-state index < -0.39 is 0 Å². The molecule has 1 aliphatic heterocycles. The van der Waals surface area contributed by atoms with Gasteiger partial charge in [-0.3, -0.25) is 4.79 Å². The highest BCUT2D eigenvalue weighted by molar-refractivity contribution is 5.76. The molecular weight excluding hydrogens is 238 g/mol. The number of hydrogen-bond acceptors (Lipinski definition) is 3. The van der Waals surface area contributed by atoms with E-state index in [1.54, 1.807) is 0 Å². The first-order chi connectivity index (χ1) is 9.19. The summed E-state index contributed by atoms with van der Waals surface area (Å²) in [7, 11) is 0. The molecule has 1 saturated heterocycles. The molecule has 4 nitrogen and oxygen atoms in total. The SMILES string of the molecule is CCCN(CCC)CCCC(=O)N1CCNCC1C. The van der Waals surface area contributed by atoms with Gasteiger partial charge < -0.3 is 15.1 Å². The molecule has 1 atom stereocenters. The summed E-state index contributed by atoms with van der Waals surface area (Å²) in [5.41, 5.74) is 0. The maximum atomic E-state index is 12.2. The van der Waals surface area contributed by atoms with Gasteiger partial charge in [0.25, 0.3) is 0 Å². The molecule has 4 heteroatoms. The Morgan fingerprint density at radius 3 is 2.53 bits per heavy atom. The third-order valence-corrected chi connectivity index (χ3v) is 3.77. The first-order valence-corrected chi connectivity index (χ1v) is 7.91. The second-order valence-corrected chi connectivity index (χ2v) is 5.59. The van der Waals surface area contributed by atoms with Crippen LogP contribution in [0.4, 0.5) is 0 Å². The Bertz CT molecular complexity index is 252. The van der Waals surface area contributed by atoms with Gasteiger partial charge in [0.15, 0.2) is 0 Å². The van der Waals surface area contributed by atoms with Crippen molar-refractivity contribution < 1.29 is 4.79 Å². The molecule has 0 spiro atoms. The number of nitrogens with zero attached hydrogens (tertiary/aromatic N) is 2. The minimum atomic E-state index is 0.335. The summed E-state index contributed by atoms with van der Waals surface area (Å²) >= 11 is 0. The standard InChI is InChI=1S/C15H31N3O/c1-4-9-17(10-5-2)11-6-7-15(19)18-12-8-16-13-14(18)3/h14,16H,4-13H2,1-3H3. The molecule has 0 radical (unpaired) electrons. The van der Waals surface area contributed by atoms with Gasteiger partial charge in [0.05, 0.1) is 0 Å². The number of piperazine rings is 1. The van der Waals surface area contributed by atoms with Crippen molar-refractivity contribution in [2.45, 2.75) is 52.5 Å². The molecule has 1 rings (SSSR count). The van der Waals surface area contributed by atoms with Crippen molar-refractivity contribution in [3.05, 3.63) is 0 Å². The highest BCUT2D eigenvalue weighted by Crippen LogP contribution is 2.07. The van der Waals surface area contributed by atoms with E-state index in [0.29, 0.717) is 18.4 Å². The van der Waals surface area contributed by atoms with Gasteiger partial charge >= 0.3 is 0 Å². The maximum absolute atomic E-state index is 12.2. The summed E-state index contributed by atoms with van der Waals surface area (Å²) in [5.74, 6) is 0.335. The highest BCUT2D eigenvalue weighted by Gasteiger charge is 2.22. The Labute approximate surface area is 118 Å². The fourth-order valence-corrected chi connectivity index (χ4v) is 2.78. The molecule has 1 aliphatic rings. The van der Waals surface area contributed by atoms with Crippen LogP contribution >= 0.6 is 0 Å². The van der Waals surface area contributed by atoms with Crippen LogP contribution in [0.5, 0.6) is 0 Å². The summed E-state index contributed by atoms with van der Waals surface area (Å²) in [6.45, 7) is 12.7. The molecule has 0 aliphatic carbocycles. The summed E-state index contributed by atoms with van der Waals surface area (Å²) in [4.78, 5) is 16.7. The van der Waals surface area contributed by atoms with Crippen molar-refractivity contribution in [2.75, 3.05) is 39.3 Å². The fourth-order valence-electron chi connectivity index (χ4n) is 2.78. The molecule has 0 aromatic rings. The molecule has 1 heterocycles. The molecule has 0 aromatic carbocycles. The first kappa shape index (κ1) is 16.4. The van der Waals surface area contributed by atoms with Crippen LogP contribution in [-0.2, 0) is 4.79 Å². The minimum absolute atomic E-state index is 0.335. The summed E-state index contributed by atoms with van der Waals surface area (Å²) in [6, 6.07) is 0.351. The zero-order chi connectivity index (χ0) is 14.1.